The molecule has 0 spiro atoms. The summed E-state index contributed by atoms with van der Waals surface area (Å²) in [6.07, 6.45) is 1.12. The van der Waals surface area contributed by atoms with E-state index in [1.807, 2.05) is 12.1 Å². The lowest BCUT2D eigenvalue weighted by molar-refractivity contribution is 0.0992. The van der Waals surface area contributed by atoms with Gasteiger partial charge in [0, 0.05) is 6.42 Å². The van der Waals surface area contributed by atoms with Crippen molar-refractivity contribution in [3.8, 4) is 11.5 Å². The summed E-state index contributed by atoms with van der Waals surface area (Å²) in [5, 5.41) is 20.9. The zero-order valence-electron chi connectivity index (χ0n) is 8.53. The third kappa shape index (κ3) is 1.05. The maximum atomic E-state index is 11.6. The van der Waals surface area contributed by atoms with Crippen LogP contribution >= 0.6 is 0 Å². The van der Waals surface area contributed by atoms with E-state index in [0.29, 0.717) is 23.8 Å². The Labute approximate surface area is 92.0 Å². The molecule has 16 heavy (non-hydrogen) atoms. The lowest BCUT2D eigenvalue weighted by Gasteiger charge is -2.08. The van der Waals surface area contributed by atoms with Gasteiger partial charge in [0.05, 0.1) is 10.9 Å². The van der Waals surface area contributed by atoms with Crippen molar-refractivity contribution in [1.29, 1.82) is 0 Å². The monoisotopic (exact) mass is 214 g/mol. The Balaban J connectivity index is 2.49. The van der Waals surface area contributed by atoms with Gasteiger partial charge >= 0.3 is 0 Å². The van der Waals surface area contributed by atoms with Crippen molar-refractivity contribution in [1.82, 2.24) is 0 Å². The summed E-state index contributed by atoms with van der Waals surface area (Å²) in [7, 11) is 0. The second kappa shape index (κ2) is 2.98. The van der Waals surface area contributed by atoms with E-state index >= 15 is 0 Å². The number of carbonyl (C=O) groups is 1. The Bertz CT molecular complexity index is 614. The molecule has 0 amide bonds. The van der Waals surface area contributed by atoms with Crippen LogP contribution in [0.15, 0.2) is 24.3 Å². The fourth-order valence-electron chi connectivity index (χ4n) is 2.35. The lowest BCUT2D eigenvalue weighted by atomic mass is 10.0. The quantitative estimate of drug-likeness (QED) is 0.707. The summed E-state index contributed by atoms with van der Waals surface area (Å²) >= 11 is 0. The first-order valence-corrected chi connectivity index (χ1v) is 5.18. The molecule has 80 valence electrons. The maximum absolute atomic E-state index is 11.6. The van der Waals surface area contributed by atoms with Crippen LogP contribution in [0.3, 0.4) is 0 Å². The van der Waals surface area contributed by atoms with Crippen LogP contribution in [0.4, 0.5) is 0 Å². The van der Waals surface area contributed by atoms with Crippen LogP contribution < -0.4 is 0 Å². The molecule has 0 aliphatic heterocycles. The van der Waals surface area contributed by atoms with Gasteiger partial charge in [0.15, 0.2) is 5.78 Å². The van der Waals surface area contributed by atoms with Crippen molar-refractivity contribution in [2.45, 2.75) is 12.8 Å². The van der Waals surface area contributed by atoms with Crippen molar-refractivity contribution in [2.24, 2.45) is 0 Å². The first-order valence-electron chi connectivity index (χ1n) is 5.18. The van der Waals surface area contributed by atoms with Crippen LogP contribution in [0.25, 0.3) is 10.8 Å². The Morgan fingerprint density at radius 1 is 1.12 bits per heavy atom. The zero-order chi connectivity index (χ0) is 11.3. The van der Waals surface area contributed by atoms with Gasteiger partial charge in [-0.05, 0) is 23.4 Å². The Hall–Kier alpha value is -2.03. The van der Waals surface area contributed by atoms with Crippen LogP contribution in [-0.4, -0.2) is 16.0 Å². The van der Waals surface area contributed by atoms with Crippen LogP contribution in [-0.2, 0) is 6.42 Å². The minimum atomic E-state index is -0.0758. The summed E-state index contributed by atoms with van der Waals surface area (Å²) in [5.74, 6) is -0.108. The summed E-state index contributed by atoms with van der Waals surface area (Å²) in [4.78, 5) is 11.6. The van der Waals surface area contributed by atoms with Crippen molar-refractivity contribution < 1.29 is 15.0 Å². The fourth-order valence-corrected chi connectivity index (χ4v) is 2.35. The molecular weight excluding hydrogens is 204 g/mol. The summed E-state index contributed by atoms with van der Waals surface area (Å²) in [6.45, 7) is 0. The Morgan fingerprint density at radius 2 is 1.94 bits per heavy atom. The SMILES string of the molecule is O=C1CCc2cc3cccc(O)c3c(O)c21. The van der Waals surface area contributed by atoms with Gasteiger partial charge in [0.2, 0.25) is 0 Å². The third-order valence-corrected chi connectivity index (χ3v) is 3.10. The van der Waals surface area contributed by atoms with E-state index in [9.17, 15) is 15.0 Å². The van der Waals surface area contributed by atoms with Crippen molar-refractivity contribution in [3.05, 3.63) is 35.4 Å². The molecule has 3 rings (SSSR count). The number of fused-ring (bicyclic) bond motifs is 2. The van der Waals surface area contributed by atoms with E-state index in [1.54, 1.807) is 6.07 Å². The van der Waals surface area contributed by atoms with E-state index in [2.05, 4.69) is 0 Å². The molecule has 0 bridgehead atoms. The average molecular weight is 214 g/mol. The minimum absolute atomic E-state index is 0.0116. The number of aryl methyl sites for hydroxylation is 1. The van der Waals surface area contributed by atoms with Crippen LogP contribution in [0.5, 0.6) is 11.5 Å². The highest BCUT2D eigenvalue weighted by Crippen LogP contribution is 2.40. The lowest BCUT2D eigenvalue weighted by Crippen LogP contribution is -1.93. The standard InChI is InChI=1S/C13H10O3/c14-9-3-1-2-7-6-8-4-5-10(15)12(8)13(16)11(7)9/h1-3,6,14,16H,4-5H2. The second-order valence-electron chi connectivity index (χ2n) is 4.06. The molecule has 0 radical (unpaired) electrons. The number of carbonyl (C=O) groups excluding carboxylic acids is 1. The van der Waals surface area contributed by atoms with Crippen LogP contribution in [0.2, 0.25) is 0 Å². The number of benzene rings is 2. The van der Waals surface area contributed by atoms with E-state index in [4.69, 9.17) is 0 Å². The molecule has 0 heterocycles. The number of phenols is 2. The molecule has 0 atom stereocenters. The highest BCUT2D eigenvalue weighted by molar-refractivity contribution is 6.09. The van der Waals surface area contributed by atoms with Gasteiger partial charge in [-0.2, -0.15) is 0 Å². The zero-order valence-corrected chi connectivity index (χ0v) is 8.53. The van der Waals surface area contributed by atoms with Gasteiger partial charge in [0.25, 0.3) is 0 Å². The molecule has 0 fully saturated rings. The van der Waals surface area contributed by atoms with Crippen LogP contribution in [0.1, 0.15) is 22.3 Å². The molecule has 0 saturated carbocycles. The molecule has 1 aliphatic rings. The molecule has 0 saturated heterocycles. The molecule has 2 aromatic rings. The molecule has 3 heteroatoms. The molecule has 2 N–H and O–H groups in total. The van der Waals surface area contributed by atoms with Gasteiger partial charge in [-0.15, -0.1) is 0 Å². The first kappa shape index (κ1) is 9.21. The highest BCUT2D eigenvalue weighted by atomic mass is 16.3. The molecule has 2 aromatic carbocycles. The van der Waals surface area contributed by atoms with Crippen molar-refractivity contribution >= 4 is 16.6 Å². The van der Waals surface area contributed by atoms with E-state index in [1.165, 1.54) is 6.07 Å². The Morgan fingerprint density at radius 3 is 2.75 bits per heavy atom. The average Bonchev–Trinajstić information content (AvgIpc) is 2.60. The van der Waals surface area contributed by atoms with Crippen LogP contribution in [0, 0.1) is 0 Å². The minimum Gasteiger partial charge on any atom is -0.507 e. The second-order valence-corrected chi connectivity index (χ2v) is 4.06. The van der Waals surface area contributed by atoms with Crippen molar-refractivity contribution in [2.75, 3.05) is 0 Å². The number of phenolic OH excluding ortho intramolecular Hbond substituents is 2. The molecule has 3 nitrogen and oxygen atoms in total. The van der Waals surface area contributed by atoms with Gasteiger partial charge < -0.3 is 10.2 Å². The molecular formula is C13H10O3. The topological polar surface area (TPSA) is 57.5 Å². The van der Waals surface area contributed by atoms with Crippen molar-refractivity contribution in [3.63, 3.8) is 0 Å². The van der Waals surface area contributed by atoms with Gasteiger partial charge in [-0.25, -0.2) is 0 Å². The van der Waals surface area contributed by atoms with E-state index in [-0.39, 0.29) is 17.3 Å². The van der Waals surface area contributed by atoms with Gasteiger partial charge in [0.1, 0.15) is 11.5 Å². The van der Waals surface area contributed by atoms with Gasteiger partial charge in [-0.3, -0.25) is 4.79 Å². The number of Topliss-reactive ketones (excluding diaryl/α,β-unsaturated/α-hetero) is 1. The van der Waals surface area contributed by atoms with E-state index < -0.39 is 0 Å². The van der Waals surface area contributed by atoms with E-state index in [0.717, 1.165) is 10.9 Å². The summed E-state index contributed by atoms with van der Waals surface area (Å²) < 4.78 is 0. The number of hydrogen-bond donors (Lipinski definition) is 2. The number of hydrogen-bond acceptors (Lipinski definition) is 3. The summed E-state index contributed by atoms with van der Waals surface area (Å²) in [6, 6.07) is 6.92. The third-order valence-electron chi connectivity index (χ3n) is 3.10. The Kier molecular flexibility index (Phi) is 1.72. The summed E-state index contributed by atoms with van der Waals surface area (Å²) in [5.41, 5.74) is 1.26. The number of rotatable bonds is 0. The number of ketones is 1. The van der Waals surface area contributed by atoms with Gasteiger partial charge in [-0.1, -0.05) is 18.2 Å². The smallest absolute Gasteiger partial charge is 0.167 e. The molecule has 0 unspecified atom stereocenters. The predicted molar refractivity (Wildman–Crippen MR) is 59.9 cm³/mol. The largest absolute Gasteiger partial charge is 0.507 e. The highest BCUT2D eigenvalue weighted by Gasteiger charge is 2.25. The normalized spacial score (nSPS) is 14.4. The first-order chi connectivity index (χ1) is 7.68. The predicted octanol–water partition coefficient (Wildman–Crippen LogP) is 2.38. The maximum Gasteiger partial charge on any atom is 0.167 e. The molecule has 1 aliphatic carbocycles. The molecule has 0 aromatic heterocycles. The number of aromatic hydroxyl groups is 2. The fraction of sp³-hybridized carbons (Fsp3) is 0.154.